The Kier molecular flexibility index (Phi) is 5.55. The number of fused-ring (bicyclic) bond motifs is 2. The number of benzene rings is 1. The van der Waals surface area contributed by atoms with Gasteiger partial charge in [0.25, 0.3) is 0 Å². The summed E-state index contributed by atoms with van der Waals surface area (Å²) in [4.78, 5) is 15.7. The molecule has 0 amide bonds. The Bertz CT molecular complexity index is 549. The fourth-order valence-electron chi connectivity index (χ4n) is 5.64. The molecule has 4 rings (SSSR count). The highest BCUT2D eigenvalue weighted by Gasteiger charge is 2.40. The Morgan fingerprint density at radius 2 is 1.56 bits per heavy atom. The molecule has 1 saturated carbocycles. The van der Waals surface area contributed by atoms with Gasteiger partial charge < -0.3 is 0 Å². The van der Waals surface area contributed by atoms with Gasteiger partial charge >= 0.3 is 0 Å². The van der Waals surface area contributed by atoms with Gasteiger partial charge in [0.05, 0.1) is 0 Å². The van der Waals surface area contributed by atoms with Gasteiger partial charge in [0.15, 0.2) is 0 Å². The van der Waals surface area contributed by atoms with Crippen LogP contribution in [0.4, 0.5) is 0 Å². The van der Waals surface area contributed by atoms with Crippen molar-refractivity contribution in [3.05, 3.63) is 35.9 Å². The second-order valence-corrected chi connectivity index (χ2v) is 8.74. The highest BCUT2D eigenvalue weighted by Crippen LogP contribution is 2.39. The summed E-state index contributed by atoms with van der Waals surface area (Å²) in [6.45, 7) is 1.07. The van der Waals surface area contributed by atoms with Gasteiger partial charge in [-0.25, -0.2) is 0 Å². The molecule has 3 fully saturated rings. The van der Waals surface area contributed by atoms with Crippen molar-refractivity contribution in [1.29, 1.82) is 0 Å². The van der Waals surface area contributed by atoms with Crippen LogP contribution in [0.3, 0.4) is 0 Å². The average Bonchev–Trinajstić information content (AvgIpc) is 2.63. The molecule has 2 saturated heterocycles. The first-order valence-electron chi connectivity index (χ1n) is 10.6. The number of nitrogens with zero attached hydrogens (tertiary/aromatic N) is 1. The molecule has 2 heteroatoms. The minimum absolute atomic E-state index is 0.351. The lowest BCUT2D eigenvalue weighted by Gasteiger charge is -2.49. The molecule has 0 aromatic heterocycles. The van der Waals surface area contributed by atoms with Crippen molar-refractivity contribution in [2.24, 2.45) is 11.8 Å². The van der Waals surface area contributed by atoms with E-state index in [0.717, 1.165) is 25.8 Å². The number of hydrogen-bond acceptors (Lipinski definition) is 2. The molecule has 1 aromatic carbocycles. The third kappa shape index (κ3) is 4.16. The lowest BCUT2D eigenvalue weighted by molar-refractivity contribution is -0.128. The van der Waals surface area contributed by atoms with Crippen molar-refractivity contribution in [1.82, 2.24) is 4.90 Å². The molecule has 2 heterocycles. The van der Waals surface area contributed by atoms with Gasteiger partial charge in [-0.05, 0) is 37.2 Å². The summed E-state index contributed by atoms with van der Waals surface area (Å²) in [5.41, 5.74) is 1.42. The number of carbonyl (C=O) groups is 1. The smallest absolute Gasteiger partial charge is 0.136 e. The standard InChI is InChI=1S/C23H33NO/c25-23(14-18-8-3-1-4-9-18)20-15-21-12-7-13-22(16-20)24(21)17-19-10-5-2-6-11-19/h2,5-6,10-11,18,20-22H,1,3-4,7-9,12-17H2. The van der Waals surface area contributed by atoms with E-state index in [2.05, 4.69) is 35.2 Å². The summed E-state index contributed by atoms with van der Waals surface area (Å²) < 4.78 is 0. The molecule has 0 N–H and O–H groups in total. The van der Waals surface area contributed by atoms with E-state index in [1.165, 1.54) is 56.9 Å². The lowest BCUT2D eigenvalue weighted by atomic mass is 9.74. The minimum Gasteiger partial charge on any atom is -0.299 e. The molecule has 1 aromatic rings. The van der Waals surface area contributed by atoms with Gasteiger partial charge in [-0.3, -0.25) is 9.69 Å². The predicted molar refractivity (Wildman–Crippen MR) is 102 cm³/mol. The quantitative estimate of drug-likeness (QED) is 0.720. The predicted octanol–water partition coefficient (Wildman–Crippen LogP) is 5.36. The van der Waals surface area contributed by atoms with Crippen LogP contribution in [0.2, 0.25) is 0 Å². The summed E-state index contributed by atoms with van der Waals surface area (Å²) >= 11 is 0. The Morgan fingerprint density at radius 1 is 0.880 bits per heavy atom. The molecular formula is C23H33NO. The van der Waals surface area contributed by atoms with Crippen LogP contribution < -0.4 is 0 Å². The van der Waals surface area contributed by atoms with E-state index in [1.54, 1.807) is 0 Å². The van der Waals surface area contributed by atoms with Crippen molar-refractivity contribution in [3.63, 3.8) is 0 Å². The summed E-state index contributed by atoms with van der Waals surface area (Å²) in [5.74, 6) is 1.65. The molecule has 2 unspecified atom stereocenters. The molecule has 0 spiro atoms. The Balaban J connectivity index is 1.37. The van der Waals surface area contributed by atoms with Crippen molar-refractivity contribution in [3.8, 4) is 0 Å². The molecule has 2 nitrogen and oxygen atoms in total. The van der Waals surface area contributed by atoms with E-state index in [9.17, 15) is 4.79 Å². The van der Waals surface area contributed by atoms with Crippen LogP contribution in [0.25, 0.3) is 0 Å². The van der Waals surface area contributed by atoms with Gasteiger partial charge in [0.1, 0.15) is 5.78 Å². The van der Waals surface area contributed by atoms with Crippen molar-refractivity contribution in [2.45, 2.75) is 89.3 Å². The van der Waals surface area contributed by atoms with E-state index in [-0.39, 0.29) is 0 Å². The van der Waals surface area contributed by atoms with Crippen LogP contribution in [-0.2, 0) is 11.3 Å². The third-order valence-corrected chi connectivity index (χ3v) is 7.00. The Labute approximate surface area is 153 Å². The van der Waals surface area contributed by atoms with Crippen LogP contribution >= 0.6 is 0 Å². The minimum atomic E-state index is 0.351. The summed E-state index contributed by atoms with van der Waals surface area (Å²) in [7, 11) is 0. The number of rotatable bonds is 5. The van der Waals surface area contributed by atoms with E-state index in [4.69, 9.17) is 0 Å². The number of hydrogen-bond donors (Lipinski definition) is 0. The fourth-order valence-corrected chi connectivity index (χ4v) is 5.64. The first-order valence-corrected chi connectivity index (χ1v) is 10.6. The zero-order valence-corrected chi connectivity index (χ0v) is 15.5. The zero-order chi connectivity index (χ0) is 17.1. The van der Waals surface area contributed by atoms with Gasteiger partial charge in [-0.15, -0.1) is 0 Å². The number of carbonyl (C=O) groups excluding carboxylic acids is 1. The SMILES string of the molecule is O=C(CC1CCCCC1)C1CC2CCCC(C1)N2Cc1ccccc1. The third-order valence-electron chi connectivity index (χ3n) is 7.00. The first kappa shape index (κ1) is 17.3. The van der Waals surface area contributed by atoms with Gasteiger partial charge in [-0.2, -0.15) is 0 Å². The average molecular weight is 340 g/mol. The maximum Gasteiger partial charge on any atom is 0.136 e. The van der Waals surface area contributed by atoms with Crippen molar-refractivity contribution < 1.29 is 4.79 Å². The Morgan fingerprint density at radius 3 is 2.24 bits per heavy atom. The van der Waals surface area contributed by atoms with Crippen LogP contribution in [0.5, 0.6) is 0 Å². The van der Waals surface area contributed by atoms with Crippen LogP contribution in [0.15, 0.2) is 30.3 Å². The van der Waals surface area contributed by atoms with E-state index in [0.29, 0.717) is 29.7 Å². The van der Waals surface area contributed by atoms with Crippen molar-refractivity contribution in [2.75, 3.05) is 0 Å². The first-order chi connectivity index (χ1) is 12.3. The lowest BCUT2D eigenvalue weighted by Crippen LogP contribution is -2.52. The maximum absolute atomic E-state index is 12.9. The highest BCUT2D eigenvalue weighted by atomic mass is 16.1. The monoisotopic (exact) mass is 339 g/mol. The molecular weight excluding hydrogens is 306 g/mol. The van der Waals surface area contributed by atoms with Gasteiger partial charge in [-0.1, -0.05) is 68.9 Å². The largest absolute Gasteiger partial charge is 0.299 e. The van der Waals surface area contributed by atoms with E-state index < -0.39 is 0 Å². The molecule has 3 aliphatic rings. The molecule has 25 heavy (non-hydrogen) atoms. The molecule has 2 atom stereocenters. The molecule has 1 aliphatic carbocycles. The molecule has 0 radical (unpaired) electrons. The highest BCUT2D eigenvalue weighted by molar-refractivity contribution is 5.81. The summed E-state index contributed by atoms with van der Waals surface area (Å²) in [6.07, 6.45) is 13.7. The number of ketones is 1. The molecule has 136 valence electrons. The number of Topliss-reactive ketones (excluding diaryl/α,β-unsaturated/α-hetero) is 1. The summed E-state index contributed by atoms with van der Waals surface area (Å²) in [5, 5.41) is 0. The zero-order valence-electron chi connectivity index (χ0n) is 15.5. The Hall–Kier alpha value is -1.15. The fraction of sp³-hybridized carbons (Fsp3) is 0.696. The number of piperidine rings is 2. The van der Waals surface area contributed by atoms with E-state index >= 15 is 0 Å². The van der Waals surface area contributed by atoms with Crippen LogP contribution in [0, 0.1) is 11.8 Å². The van der Waals surface area contributed by atoms with Crippen LogP contribution in [0.1, 0.15) is 76.2 Å². The molecule has 2 aliphatic heterocycles. The maximum atomic E-state index is 12.9. The van der Waals surface area contributed by atoms with Crippen molar-refractivity contribution >= 4 is 5.78 Å². The molecule has 2 bridgehead atoms. The van der Waals surface area contributed by atoms with Crippen LogP contribution in [-0.4, -0.2) is 22.8 Å². The summed E-state index contributed by atoms with van der Waals surface area (Å²) in [6, 6.07) is 12.1. The second-order valence-electron chi connectivity index (χ2n) is 8.74. The topological polar surface area (TPSA) is 20.3 Å². The second kappa shape index (κ2) is 8.03. The van der Waals surface area contributed by atoms with Gasteiger partial charge in [0, 0.05) is 31.0 Å². The normalized spacial score (nSPS) is 31.0. The van der Waals surface area contributed by atoms with Gasteiger partial charge in [0.2, 0.25) is 0 Å². The van der Waals surface area contributed by atoms with E-state index in [1.807, 2.05) is 0 Å².